The molecule has 0 aromatic carbocycles. The Hall–Kier alpha value is -0.120. The molecule has 0 aliphatic carbocycles. The van der Waals surface area contributed by atoms with E-state index in [1.54, 1.807) is 7.05 Å². The van der Waals surface area contributed by atoms with E-state index in [0.717, 1.165) is 0 Å². The van der Waals surface area contributed by atoms with Crippen molar-refractivity contribution in [3.63, 3.8) is 0 Å². The Morgan fingerprint density at radius 1 is 2.00 bits per heavy atom. The second-order valence-electron chi connectivity index (χ2n) is 0.895. The van der Waals surface area contributed by atoms with Gasteiger partial charge in [-0.05, 0) is 7.05 Å². The maximum Gasteiger partial charge on any atom is 0.192 e. The van der Waals surface area contributed by atoms with Crippen molar-refractivity contribution >= 4 is 0 Å². The lowest BCUT2D eigenvalue weighted by molar-refractivity contribution is -0.425. The molecular formula is C2H10N3+. The molecule has 5 heavy (non-hydrogen) atoms. The molecule has 1 atom stereocenters. The highest BCUT2D eigenvalue weighted by Gasteiger charge is 1.81. The van der Waals surface area contributed by atoms with Gasteiger partial charge in [-0.3, -0.25) is 11.1 Å². The summed E-state index contributed by atoms with van der Waals surface area (Å²) in [4.78, 5) is 0. The van der Waals surface area contributed by atoms with Crippen LogP contribution >= 0.6 is 0 Å². The number of nitrogens with two attached hydrogens (primary N) is 1. The van der Waals surface area contributed by atoms with E-state index >= 15 is 0 Å². The van der Waals surface area contributed by atoms with Crippen molar-refractivity contribution in [1.29, 1.82) is 0 Å². The molecule has 0 saturated carbocycles. The first-order valence-corrected chi connectivity index (χ1v) is 1.53. The topological polar surface area (TPSA) is 65.7 Å². The molecule has 0 radical (unpaired) electrons. The minimum atomic E-state index is -0.116. The molecule has 32 valence electrons. The number of rotatable bonds is 1. The fraction of sp³-hybridized carbons (Fsp3) is 1.00. The van der Waals surface area contributed by atoms with Crippen LogP contribution in [0.2, 0.25) is 0 Å². The van der Waals surface area contributed by atoms with Crippen LogP contribution in [0, 0.1) is 0 Å². The highest BCUT2D eigenvalue weighted by Crippen LogP contribution is 1.29. The summed E-state index contributed by atoms with van der Waals surface area (Å²) in [7, 11) is 1.76. The molecule has 3 heteroatoms. The molecule has 0 amide bonds. The van der Waals surface area contributed by atoms with Gasteiger partial charge in [0.15, 0.2) is 6.29 Å². The predicted molar refractivity (Wildman–Crippen MR) is 19.9 cm³/mol. The molecule has 0 aromatic rings. The van der Waals surface area contributed by atoms with Gasteiger partial charge in [0.1, 0.15) is 0 Å². The van der Waals surface area contributed by atoms with Gasteiger partial charge < -0.3 is 5.73 Å². The summed E-state index contributed by atoms with van der Waals surface area (Å²) in [6, 6.07) is 0. The zero-order valence-electron chi connectivity index (χ0n) is 3.36. The van der Waals surface area contributed by atoms with Gasteiger partial charge in [0.05, 0.1) is 0 Å². The second kappa shape index (κ2) is 2.14. The minimum Gasteiger partial charge on any atom is -0.330 e. The van der Waals surface area contributed by atoms with Crippen LogP contribution in [-0.2, 0) is 0 Å². The van der Waals surface area contributed by atoms with E-state index in [0.29, 0.717) is 0 Å². The van der Waals surface area contributed by atoms with E-state index in [2.05, 4.69) is 11.1 Å². The number of quaternary nitrogens is 1. The van der Waals surface area contributed by atoms with Crippen molar-refractivity contribution in [2.24, 2.45) is 5.73 Å². The van der Waals surface area contributed by atoms with E-state index in [4.69, 9.17) is 5.73 Å². The summed E-state index contributed by atoms with van der Waals surface area (Å²) in [5.41, 5.74) is 8.49. The Balaban J connectivity index is 2.54. The lowest BCUT2D eigenvalue weighted by atomic mass is 10.9. The van der Waals surface area contributed by atoms with Crippen molar-refractivity contribution in [3.05, 3.63) is 0 Å². The second-order valence-corrected chi connectivity index (χ2v) is 0.895. The van der Waals surface area contributed by atoms with Crippen molar-refractivity contribution in [2.75, 3.05) is 7.05 Å². The molecule has 0 spiro atoms. The fourth-order valence-electron chi connectivity index (χ4n) is 0. The molecular weight excluding hydrogens is 66.0 g/mol. The van der Waals surface area contributed by atoms with Crippen molar-refractivity contribution in [2.45, 2.75) is 6.29 Å². The summed E-state index contributed by atoms with van der Waals surface area (Å²) < 4.78 is 0. The molecule has 0 fully saturated rings. The van der Waals surface area contributed by atoms with E-state index < -0.39 is 0 Å². The Labute approximate surface area is 31.3 Å². The van der Waals surface area contributed by atoms with Gasteiger partial charge in [0.25, 0.3) is 0 Å². The van der Waals surface area contributed by atoms with Crippen molar-refractivity contribution in [3.8, 4) is 0 Å². The molecule has 0 rings (SSSR count). The molecule has 0 heterocycles. The summed E-state index contributed by atoms with van der Waals surface area (Å²) >= 11 is 0. The van der Waals surface area contributed by atoms with Gasteiger partial charge in [-0.1, -0.05) is 0 Å². The maximum absolute atomic E-state index is 5.07. The zero-order valence-corrected chi connectivity index (χ0v) is 3.36. The van der Waals surface area contributed by atoms with Crippen LogP contribution in [0.5, 0.6) is 0 Å². The van der Waals surface area contributed by atoms with Crippen LogP contribution < -0.4 is 16.8 Å². The maximum atomic E-state index is 5.07. The summed E-state index contributed by atoms with van der Waals surface area (Å²) in [6.07, 6.45) is -0.116. The average molecular weight is 76.1 g/mol. The molecule has 0 aromatic heterocycles. The van der Waals surface area contributed by atoms with Crippen LogP contribution in [0.3, 0.4) is 0 Å². The Bertz CT molecular complexity index is 18.9. The largest absolute Gasteiger partial charge is 0.330 e. The summed E-state index contributed by atoms with van der Waals surface area (Å²) in [6.45, 7) is 0. The normalized spacial score (nSPS) is 15.0. The minimum absolute atomic E-state index is 0.116. The highest BCUT2D eigenvalue weighted by atomic mass is 15.1. The van der Waals surface area contributed by atoms with Crippen molar-refractivity contribution in [1.82, 2.24) is 5.32 Å². The van der Waals surface area contributed by atoms with Crippen LogP contribution in [0.15, 0.2) is 0 Å². The lowest BCUT2D eigenvalue weighted by Crippen LogP contribution is -2.72. The van der Waals surface area contributed by atoms with Crippen LogP contribution in [0.1, 0.15) is 0 Å². The summed E-state index contributed by atoms with van der Waals surface area (Å²) in [5.74, 6) is 0. The van der Waals surface area contributed by atoms with Crippen molar-refractivity contribution < 1.29 is 5.73 Å². The van der Waals surface area contributed by atoms with E-state index in [-0.39, 0.29) is 6.29 Å². The molecule has 0 bridgehead atoms. The summed E-state index contributed by atoms with van der Waals surface area (Å²) in [5, 5.41) is 2.69. The van der Waals surface area contributed by atoms with E-state index in [9.17, 15) is 0 Å². The lowest BCUT2D eigenvalue weighted by Gasteiger charge is -1.92. The SMILES string of the molecule is CNC(N)[NH3+]. The quantitative estimate of drug-likeness (QED) is 0.307. The Kier molecular flexibility index (Phi) is 2.09. The smallest absolute Gasteiger partial charge is 0.192 e. The predicted octanol–water partition coefficient (Wildman–Crippen LogP) is -2.31. The Morgan fingerprint density at radius 2 is 2.20 bits per heavy atom. The average Bonchev–Trinajstić information content (AvgIpc) is 1.38. The van der Waals surface area contributed by atoms with E-state index in [1.807, 2.05) is 0 Å². The van der Waals surface area contributed by atoms with Crippen LogP contribution in [0.4, 0.5) is 0 Å². The first-order valence-electron chi connectivity index (χ1n) is 1.53. The number of hydrogen-bond acceptors (Lipinski definition) is 2. The molecule has 0 aliphatic heterocycles. The molecule has 3 nitrogen and oxygen atoms in total. The molecule has 0 saturated heterocycles. The first-order chi connectivity index (χ1) is 2.27. The third kappa shape index (κ3) is 3.88. The van der Waals surface area contributed by atoms with Gasteiger partial charge in [-0.25, -0.2) is 0 Å². The zero-order chi connectivity index (χ0) is 4.28. The number of hydrogen-bond donors (Lipinski definition) is 3. The first kappa shape index (κ1) is 4.88. The fourth-order valence-corrected chi connectivity index (χ4v) is 0. The van der Waals surface area contributed by atoms with Gasteiger partial charge in [0.2, 0.25) is 0 Å². The van der Waals surface area contributed by atoms with Crippen LogP contribution in [-0.4, -0.2) is 13.3 Å². The Morgan fingerprint density at radius 3 is 2.20 bits per heavy atom. The van der Waals surface area contributed by atoms with Crippen LogP contribution in [0.25, 0.3) is 0 Å². The highest BCUT2D eigenvalue weighted by molar-refractivity contribution is 4.22. The van der Waals surface area contributed by atoms with E-state index in [1.165, 1.54) is 0 Å². The third-order valence-electron chi connectivity index (χ3n) is 0.371. The van der Waals surface area contributed by atoms with Gasteiger partial charge in [-0.2, -0.15) is 0 Å². The molecule has 0 aliphatic rings. The van der Waals surface area contributed by atoms with Gasteiger partial charge in [-0.15, -0.1) is 0 Å². The molecule has 1 unspecified atom stereocenters. The molecule has 6 N–H and O–H groups in total. The number of nitrogens with one attached hydrogen (secondary N) is 1. The third-order valence-corrected chi connectivity index (χ3v) is 0.371. The van der Waals surface area contributed by atoms with Gasteiger partial charge >= 0.3 is 0 Å². The standard InChI is InChI=1S/C2H9N3/c1-5-2(3)4/h2,5H,3-4H2,1H3/p+1. The monoisotopic (exact) mass is 76.1 g/mol. The van der Waals surface area contributed by atoms with Gasteiger partial charge in [0, 0.05) is 0 Å².